The molecule has 1 aromatic heterocycles. The van der Waals surface area contributed by atoms with Crippen LogP contribution in [0.1, 0.15) is 44.5 Å². The fraction of sp³-hybridized carbons (Fsp3) is 0.706. The Labute approximate surface area is 142 Å². The van der Waals surface area contributed by atoms with Gasteiger partial charge in [-0.3, -0.25) is 9.88 Å². The number of hydrogen-bond acceptors (Lipinski definition) is 4. The quantitative estimate of drug-likeness (QED) is 0.827. The Balaban J connectivity index is 1.99. The van der Waals surface area contributed by atoms with Gasteiger partial charge in [0.2, 0.25) is 0 Å². The van der Waals surface area contributed by atoms with Crippen LogP contribution in [0.2, 0.25) is 0 Å². The van der Waals surface area contributed by atoms with Crippen LogP contribution in [0.25, 0.3) is 0 Å². The summed E-state index contributed by atoms with van der Waals surface area (Å²) in [5.74, 6) is 0. The summed E-state index contributed by atoms with van der Waals surface area (Å²) in [6.07, 6.45) is 3.12. The number of pyridine rings is 1. The van der Waals surface area contributed by atoms with E-state index < -0.39 is 11.0 Å². The summed E-state index contributed by atoms with van der Waals surface area (Å²) in [5, 5.41) is 0. The predicted molar refractivity (Wildman–Crippen MR) is 94.6 cm³/mol. The van der Waals surface area contributed by atoms with Gasteiger partial charge < -0.3 is 4.74 Å². The third-order valence-electron chi connectivity index (χ3n) is 4.09. The van der Waals surface area contributed by atoms with Gasteiger partial charge in [0.05, 0.1) is 33.6 Å². The van der Waals surface area contributed by atoms with Gasteiger partial charge in [-0.25, -0.2) is 8.93 Å². The van der Waals surface area contributed by atoms with Crippen molar-refractivity contribution in [2.45, 2.75) is 51.0 Å². The number of ether oxygens (including phenoxy) is 1. The topological polar surface area (TPSA) is 54.5 Å². The molecule has 0 aromatic carbocycles. The maximum Gasteiger partial charge on any atom is 0.0976 e. The molecule has 23 heavy (non-hydrogen) atoms. The van der Waals surface area contributed by atoms with Crippen molar-refractivity contribution in [3.05, 3.63) is 29.6 Å². The van der Waals surface area contributed by atoms with Crippen LogP contribution in [0.3, 0.4) is 0 Å². The smallest absolute Gasteiger partial charge is 0.0976 e. The number of rotatable bonds is 7. The second-order valence-electron chi connectivity index (χ2n) is 7.22. The lowest BCUT2D eigenvalue weighted by Gasteiger charge is -2.38. The Kier molecular flexibility index (Phi) is 6.31. The van der Waals surface area contributed by atoms with Gasteiger partial charge in [-0.1, -0.05) is 6.07 Å². The highest BCUT2D eigenvalue weighted by Gasteiger charge is 2.28. The van der Waals surface area contributed by atoms with Crippen molar-refractivity contribution in [1.29, 1.82) is 0 Å². The highest BCUT2D eigenvalue weighted by molar-refractivity contribution is 7.84. The number of nitrogens with zero attached hydrogens (tertiary/aromatic N) is 2. The Hall–Kier alpha value is -0.820. The monoisotopic (exact) mass is 339 g/mol. The summed E-state index contributed by atoms with van der Waals surface area (Å²) in [6.45, 7) is 10.9. The second kappa shape index (κ2) is 7.83. The van der Waals surface area contributed by atoms with E-state index in [-0.39, 0.29) is 10.8 Å². The summed E-state index contributed by atoms with van der Waals surface area (Å²) in [7, 11) is 0.645. The van der Waals surface area contributed by atoms with Crippen LogP contribution in [0, 0.1) is 6.92 Å². The van der Waals surface area contributed by atoms with E-state index in [4.69, 9.17) is 4.74 Å². The fourth-order valence-electron chi connectivity index (χ4n) is 2.42. The lowest BCUT2D eigenvalue weighted by atomic mass is 10.1. The van der Waals surface area contributed by atoms with Crippen LogP contribution >= 0.6 is 0 Å². The zero-order valence-corrected chi connectivity index (χ0v) is 15.7. The van der Waals surface area contributed by atoms with E-state index in [1.54, 1.807) is 7.11 Å². The lowest BCUT2D eigenvalue weighted by molar-refractivity contribution is -0.0303. The molecular formula is C17H29N3O2S. The van der Waals surface area contributed by atoms with Gasteiger partial charge in [-0.2, -0.15) is 0 Å². The van der Waals surface area contributed by atoms with Crippen molar-refractivity contribution >= 4 is 11.0 Å². The van der Waals surface area contributed by atoms with Crippen molar-refractivity contribution in [2.75, 3.05) is 26.7 Å². The van der Waals surface area contributed by atoms with Gasteiger partial charge in [-0.05, 0) is 45.7 Å². The first-order valence-electron chi connectivity index (χ1n) is 8.15. The van der Waals surface area contributed by atoms with E-state index in [1.165, 1.54) is 0 Å². The molecule has 0 bridgehead atoms. The Morgan fingerprint density at radius 3 is 2.65 bits per heavy atom. The summed E-state index contributed by atoms with van der Waals surface area (Å²) < 4.78 is 20.8. The van der Waals surface area contributed by atoms with E-state index in [0.29, 0.717) is 6.10 Å². The first-order valence-corrected chi connectivity index (χ1v) is 9.30. The third kappa shape index (κ3) is 5.35. The number of methoxy groups -OCH3 is 1. The molecule has 2 heterocycles. The van der Waals surface area contributed by atoms with Crippen molar-refractivity contribution in [1.82, 2.24) is 14.6 Å². The Morgan fingerprint density at radius 1 is 1.43 bits per heavy atom. The molecule has 5 nitrogen and oxygen atoms in total. The number of hydrogen-bond donors (Lipinski definition) is 1. The van der Waals surface area contributed by atoms with E-state index in [2.05, 4.69) is 20.7 Å². The summed E-state index contributed by atoms with van der Waals surface area (Å²) in [4.78, 5) is 6.88. The molecule has 0 saturated carbocycles. The molecule has 1 fully saturated rings. The van der Waals surface area contributed by atoms with Gasteiger partial charge in [0.25, 0.3) is 0 Å². The lowest BCUT2D eigenvalue weighted by Crippen LogP contribution is -2.52. The minimum absolute atomic E-state index is 0.00254. The molecule has 1 N–H and O–H groups in total. The van der Waals surface area contributed by atoms with E-state index in [9.17, 15) is 4.21 Å². The highest BCUT2D eigenvalue weighted by atomic mass is 32.2. The maximum atomic E-state index is 12.5. The molecule has 1 aliphatic rings. The van der Waals surface area contributed by atoms with E-state index >= 15 is 0 Å². The van der Waals surface area contributed by atoms with Crippen LogP contribution in [0.5, 0.6) is 0 Å². The van der Waals surface area contributed by atoms with Crippen LogP contribution in [-0.2, 0) is 15.7 Å². The van der Waals surface area contributed by atoms with Crippen molar-refractivity contribution in [3.8, 4) is 0 Å². The number of aromatic nitrogens is 1. The van der Waals surface area contributed by atoms with Gasteiger partial charge >= 0.3 is 0 Å². The van der Waals surface area contributed by atoms with Gasteiger partial charge in [0.1, 0.15) is 0 Å². The summed E-state index contributed by atoms with van der Waals surface area (Å²) >= 11 is 0. The van der Waals surface area contributed by atoms with Crippen LogP contribution < -0.4 is 4.72 Å². The number of aryl methyl sites for hydroxylation is 1. The van der Waals surface area contributed by atoms with E-state index in [0.717, 1.165) is 37.3 Å². The van der Waals surface area contributed by atoms with Gasteiger partial charge in [0.15, 0.2) is 0 Å². The average molecular weight is 340 g/mol. The largest absolute Gasteiger partial charge is 0.379 e. The molecule has 0 aliphatic carbocycles. The minimum Gasteiger partial charge on any atom is -0.379 e. The third-order valence-corrected chi connectivity index (χ3v) is 5.70. The normalized spacial score (nSPS) is 19.3. The standard InChI is InChI=1S/C17H29N3O2S/c1-13-6-7-15(18-10-13)16(19-23(21)17(2,3)4)8-9-20-11-14(12-20)22-5/h6-7,10,14,16,19H,8-9,11-12H2,1-5H3/t16?,23-/m1/s1. The molecule has 1 saturated heterocycles. The Morgan fingerprint density at radius 2 is 2.13 bits per heavy atom. The van der Waals surface area contributed by atoms with Crippen molar-refractivity contribution in [2.24, 2.45) is 0 Å². The van der Waals surface area contributed by atoms with Crippen LogP contribution in [-0.4, -0.2) is 51.7 Å². The number of likely N-dealkylation sites (tertiary alicyclic amines) is 1. The summed E-state index contributed by atoms with van der Waals surface area (Å²) in [6, 6.07) is 4.08. The van der Waals surface area contributed by atoms with Crippen molar-refractivity contribution < 1.29 is 8.95 Å². The first kappa shape index (κ1) is 18.5. The summed E-state index contributed by atoms with van der Waals surface area (Å²) in [5.41, 5.74) is 2.09. The van der Waals surface area contributed by atoms with Crippen molar-refractivity contribution in [3.63, 3.8) is 0 Å². The van der Waals surface area contributed by atoms with Crippen LogP contribution in [0.4, 0.5) is 0 Å². The maximum absolute atomic E-state index is 12.5. The first-order chi connectivity index (χ1) is 10.8. The highest BCUT2D eigenvalue weighted by Crippen LogP contribution is 2.21. The van der Waals surface area contributed by atoms with Gasteiger partial charge in [-0.15, -0.1) is 0 Å². The molecule has 1 aromatic rings. The van der Waals surface area contributed by atoms with E-state index in [1.807, 2.05) is 40.0 Å². The molecular weight excluding hydrogens is 310 g/mol. The SMILES string of the molecule is COC1CN(CCC(N[S@](=O)C(C)(C)C)c2ccc(C)cn2)C1. The second-order valence-corrected chi connectivity index (χ2v) is 9.22. The van der Waals surface area contributed by atoms with Crippen LogP contribution in [0.15, 0.2) is 18.3 Å². The zero-order valence-electron chi connectivity index (χ0n) is 14.8. The number of nitrogens with one attached hydrogen (secondary N) is 1. The molecule has 2 rings (SSSR count). The Bertz CT molecular complexity index is 522. The predicted octanol–water partition coefficient (Wildman–Crippen LogP) is 2.20. The molecule has 0 radical (unpaired) electrons. The minimum atomic E-state index is -1.11. The average Bonchev–Trinajstić information content (AvgIpc) is 2.44. The molecule has 130 valence electrons. The van der Waals surface area contributed by atoms with Gasteiger partial charge in [0, 0.05) is 32.9 Å². The molecule has 0 amide bonds. The molecule has 6 heteroatoms. The molecule has 1 aliphatic heterocycles. The molecule has 1 unspecified atom stereocenters. The zero-order chi connectivity index (χ0) is 17.0. The molecule has 2 atom stereocenters. The fourth-order valence-corrected chi connectivity index (χ4v) is 3.27. The molecule has 0 spiro atoms.